The quantitative estimate of drug-likeness (QED) is 0.741. The van der Waals surface area contributed by atoms with Gasteiger partial charge in [-0.15, -0.1) is 0 Å². The summed E-state index contributed by atoms with van der Waals surface area (Å²) in [6, 6.07) is 5.50. The Morgan fingerprint density at radius 1 is 1.38 bits per heavy atom. The molecule has 16 heavy (non-hydrogen) atoms. The highest BCUT2D eigenvalue weighted by molar-refractivity contribution is 5.96. The van der Waals surface area contributed by atoms with E-state index in [1.165, 1.54) is 19.3 Å². The number of carbonyl (C=O) groups excluding carboxylic acids is 1. The van der Waals surface area contributed by atoms with Crippen LogP contribution in [0.4, 0.5) is 5.69 Å². The van der Waals surface area contributed by atoms with Gasteiger partial charge in [-0.1, -0.05) is 0 Å². The predicted octanol–water partition coefficient (Wildman–Crippen LogP) is 1.86. The summed E-state index contributed by atoms with van der Waals surface area (Å²) in [5.74, 6) is 0.899. The van der Waals surface area contributed by atoms with Gasteiger partial charge in [0, 0.05) is 16.8 Å². The number of rotatable bonds is 2. The maximum Gasteiger partial charge on any atom is 0.251 e. The highest BCUT2D eigenvalue weighted by atomic mass is 16.1. The molecule has 84 valence electrons. The second kappa shape index (κ2) is 3.00. The van der Waals surface area contributed by atoms with Crippen molar-refractivity contribution in [2.45, 2.75) is 31.7 Å². The number of carbonyl (C=O) groups is 1. The molecule has 0 saturated heterocycles. The maximum atomic E-state index is 12.0. The number of nitrogen functional groups attached to an aromatic ring is 1. The van der Waals surface area contributed by atoms with Crippen molar-refractivity contribution in [1.29, 1.82) is 0 Å². The predicted molar refractivity (Wildman–Crippen MR) is 63.1 cm³/mol. The highest BCUT2D eigenvalue weighted by Crippen LogP contribution is 2.56. The molecule has 3 N–H and O–H groups in total. The van der Waals surface area contributed by atoms with Crippen molar-refractivity contribution in [1.82, 2.24) is 5.32 Å². The van der Waals surface area contributed by atoms with Crippen molar-refractivity contribution in [3.05, 3.63) is 29.3 Å². The second-order valence-corrected chi connectivity index (χ2v) is 5.35. The minimum absolute atomic E-state index is 0.0218. The van der Waals surface area contributed by atoms with Gasteiger partial charge in [0.15, 0.2) is 0 Å². The smallest absolute Gasteiger partial charge is 0.251 e. The normalized spacial score (nSPS) is 30.2. The molecule has 3 aliphatic rings. The molecule has 0 aliphatic heterocycles. The minimum Gasteiger partial charge on any atom is -0.399 e. The van der Waals surface area contributed by atoms with Gasteiger partial charge in [0.1, 0.15) is 0 Å². The molecule has 3 heteroatoms. The first-order valence-electron chi connectivity index (χ1n) is 5.76. The monoisotopic (exact) mass is 216 g/mol. The van der Waals surface area contributed by atoms with Gasteiger partial charge in [0.05, 0.1) is 0 Å². The first-order valence-corrected chi connectivity index (χ1v) is 5.76. The van der Waals surface area contributed by atoms with E-state index in [9.17, 15) is 4.79 Å². The molecule has 3 fully saturated rings. The number of hydrogen-bond acceptors (Lipinski definition) is 2. The van der Waals surface area contributed by atoms with Crippen LogP contribution in [0.1, 0.15) is 35.2 Å². The average molecular weight is 216 g/mol. The lowest BCUT2D eigenvalue weighted by atomic mass is 9.50. The Kier molecular flexibility index (Phi) is 1.82. The number of aryl methyl sites for hydroxylation is 1. The van der Waals surface area contributed by atoms with Crippen LogP contribution < -0.4 is 11.1 Å². The highest BCUT2D eigenvalue weighted by Gasteiger charge is 2.57. The number of nitrogens with one attached hydrogen (secondary N) is 1. The van der Waals surface area contributed by atoms with Crippen LogP contribution in [0.25, 0.3) is 0 Å². The van der Waals surface area contributed by atoms with E-state index in [1.807, 2.05) is 19.1 Å². The van der Waals surface area contributed by atoms with Gasteiger partial charge in [0.2, 0.25) is 0 Å². The van der Waals surface area contributed by atoms with E-state index < -0.39 is 0 Å². The summed E-state index contributed by atoms with van der Waals surface area (Å²) in [5.41, 5.74) is 8.24. The molecule has 1 amide bonds. The second-order valence-electron chi connectivity index (χ2n) is 5.35. The van der Waals surface area contributed by atoms with Crippen LogP contribution in [0.2, 0.25) is 0 Å². The molecule has 1 aromatic carbocycles. The molecule has 0 spiro atoms. The van der Waals surface area contributed by atoms with E-state index in [0.717, 1.165) is 11.5 Å². The van der Waals surface area contributed by atoms with Crippen LogP contribution in [-0.2, 0) is 0 Å². The maximum absolute atomic E-state index is 12.0. The van der Waals surface area contributed by atoms with Crippen LogP contribution in [-0.4, -0.2) is 11.4 Å². The van der Waals surface area contributed by atoms with Crippen LogP contribution in [0.5, 0.6) is 0 Å². The van der Waals surface area contributed by atoms with Gasteiger partial charge < -0.3 is 11.1 Å². The Morgan fingerprint density at radius 3 is 2.56 bits per heavy atom. The summed E-state index contributed by atoms with van der Waals surface area (Å²) in [7, 11) is 0. The molecule has 0 unspecified atom stereocenters. The van der Waals surface area contributed by atoms with E-state index in [4.69, 9.17) is 5.73 Å². The molecule has 2 bridgehead atoms. The molecular weight excluding hydrogens is 200 g/mol. The van der Waals surface area contributed by atoms with Gasteiger partial charge >= 0.3 is 0 Å². The van der Waals surface area contributed by atoms with Crippen molar-refractivity contribution < 1.29 is 4.79 Å². The number of benzene rings is 1. The van der Waals surface area contributed by atoms with Gasteiger partial charge in [-0.2, -0.15) is 0 Å². The standard InChI is InChI=1S/C13H16N2O/c1-8-2-10(4-11(14)3-8)12(16)15-13-5-9(6-13)7-13/h2-4,9H,5-7,14H2,1H3,(H,15,16). The summed E-state index contributed by atoms with van der Waals surface area (Å²) in [4.78, 5) is 12.0. The molecular formula is C13H16N2O. The lowest BCUT2D eigenvalue weighted by Gasteiger charge is -2.61. The number of nitrogens with two attached hydrogens (primary N) is 1. The first kappa shape index (κ1) is 9.70. The lowest BCUT2D eigenvalue weighted by Crippen LogP contribution is -2.68. The van der Waals surface area contributed by atoms with Crippen LogP contribution in [0, 0.1) is 12.8 Å². The van der Waals surface area contributed by atoms with Crippen LogP contribution in [0.15, 0.2) is 18.2 Å². The fourth-order valence-corrected chi connectivity index (χ4v) is 2.89. The van der Waals surface area contributed by atoms with Crippen molar-refractivity contribution in [3.8, 4) is 0 Å². The molecule has 3 aliphatic carbocycles. The number of amides is 1. The SMILES string of the molecule is Cc1cc(N)cc(C(=O)NC23CC(C2)C3)c1. The molecule has 4 rings (SSSR count). The van der Waals surface area contributed by atoms with E-state index in [-0.39, 0.29) is 11.4 Å². The summed E-state index contributed by atoms with van der Waals surface area (Å²) in [6.07, 6.45) is 3.50. The Bertz CT molecular complexity index is 430. The third kappa shape index (κ3) is 1.39. The topological polar surface area (TPSA) is 55.1 Å². The van der Waals surface area contributed by atoms with E-state index >= 15 is 0 Å². The molecule has 0 aromatic heterocycles. The zero-order valence-electron chi connectivity index (χ0n) is 9.42. The van der Waals surface area contributed by atoms with Crippen molar-refractivity contribution in [3.63, 3.8) is 0 Å². The molecule has 0 radical (unpaired) electrons. The van der Waals surface area contributed by atoms with E-state index in [0.29, 0.717) is 11.3 Å². The Morgan fingerprint density at radius 2 is 2.06 bits per heavy atom. The van der Waals surface area contributed by atoms with Gasteiger partial charge in [-0.05, 0) is 55.9 Å². The fourth-order valence-electron chi connectivity index (χ4n) is 2.89. The zero-order chi connectivity index (χ0) is 11.3. The zero-order valence-corrected chi connectivity index (χ0v) is 9.42. The van der Waals surface area contributed by atoms with Gasteiger partial charge in [-0.25, -0.2) is 0 Å². The summed E-state index contributed by atoms with van der Waals surface area (Å²) >= 11 is 0. The molecule has 0 atom stereocenters. The summed E-state index contributed by atoms with van der Waals surface area (Å²) < 4.78 is 0. The molecule has 1 aromatic rings. The van der Waals surface area contributed by atoms with Gasteiger partial charge in [-0.3, -0.25) is 4.79 Å². The minimum atomic E-state index is 0.0218. The lowest BCUT2D eigenvalue weighted by molar-refractivity contribution is -0.0438. The Labute approximate surface area is 95.0 Å². The molecule has 3 saturated carbocycles. The van der Waals surface area contributed by atoms with Gasteiger partial charge in [0.25, 0.3) is 5.91 Å². The summed E-state index contributed by atoms with van der Waals surface area (Å²) in [6.45, 7) is 1.95. The molecule has 0 heterocycles. The van der Waals surface area contributed by atoms with E-state index in [2.05, 4.69) is 5.32 Å². The first-order chi connectivity index (χ1) is 7.56. The van der Waals surface area contributed by atoms with Crippen molar-refractivity contribution in [2.75, 3.05) is 5.73 Å². The fraction of sp³-hybridized carbons (Fsp3) is 0.462. The third-order valence-electron chi connectivity index (χ3n) is 3.78. The average Bonchev–Trinajstić information content (AvgIpc) is 2.07. The largest absolute Gasteiger partial charge is 0.399 e. The van der Waals surface area contributed by atoms with Crippen LogP contribution >= 0.6 is 0 Å². The van der Waals surface area contributed by atoms with Crippen molar-refractivity contribution >= 4 is 11.6 Å². The Balaban J connectivity index is 1.77. The third-order valence-corrected chi connectivity index (χ3v) is 3.78. The van der Waals surface area contributed by atoms with Crippen LogP contribution in [0.3, 0.4) is 0 Å². The number of anilines is 1. The van der Waals surface area contributed by atoms with E-state index in [1.54, 1.807) is 6.07 Å². The Hall–Kier alpha value is -1.51. The van der Waals surface area contributed by atoms with Crippen molar-refractivity contribution in [2.24, 2.45) is 5.92 Å². The summed E-state index contributed by atoms with van der Waals surface area (Å²) in [5, 5.41) is 3.13. The number of hydrogen-bond donors (Lipinski definition) is 2. The molecule has 3 nitrogen and oxygen atoms in total.